The molecule has 0 aliphatic carbocycles. The Labute approximate surface area is 225 Å². The van der Waals surface area contributed by atoms with Crippen molar-refractivity contribution in [1.82, 2.24) is 40.0 Å². The number of nitrogens with zero attached hydrogens (tertiary/aromatic N) is 8. The second kappa shape index (κ2) is 11.5. The summed E-state index contributed by atoms with van der Waals surface area (Å²) < 4.78 is 0. The van der Waals surface area contributed by atoms with E-state index in [1.54, 1.807) is 6.20 Å². The molecule has 0 unspecified atom stereocenters. The SMILES string of the molecule is C=CC(=O)N1CCC[C@H](Nc2cc(CN(C)C)cc(Nc3ncc(-c4nnn(-c5ccccc5)n4)s3)n2)C1. The lowest BCUT2D eigenvalue weighted by Crippen LogP contribution is -2.44. The highest BCUT2D eigenvalue weighted by Crippen LogP contribution is 2.29. The second-order valence-corrected chi connectivity index (χ2v) is 10.4. The molecule has 0 saturated carbocycles. The van der Waals surface area contributed by atoms with Crippen molar-refractivity contribution in [3.63, 3.8) is 0 Å². The largest absolute Gasteiger partial charge is 0.365 e. The van der Waals surface area contributed by atoms with E-state index in [9.17, 15) is 4.79 Å². The van der Waals surface area contributed by atoms with Crippen LogP contribution in [-0.2, 0) is 11.3 Å². The van der Waals surface area contributed by atoms with E-state index in [1.165, 1.54) is 22.2 Å². The Morgan fingerprint density at radius 2 is 2.05 bits per heavy atom. The molecule has 4 heterocycles. The van der Waals surface area contributed by atoms with Gasteiger partial charge in [-0.2, -0.15) is 0 Å². The number of benzene rings is 1. The van der Waals surface area contributed by atoms with Crippen molar-refractivity contribution in [3.05, 3.63) is 66.9 Å². The van der Waals surface area contributed by atoms with Gasteiger partial charge < -0.3 is 20.4 Å². The average molecular weight is 531 g/mol. The minimum absolute atomic E-state index is 0.0361. The quantitative estimate of drug-likeness (QED) is 0.313. The third-order valence-electron chi connectivity index (χ3n) is 6.01. The van der Waals surface area contributed by atoms with Gasteiger partial charge in [-0.05, 0) is 68.1 Å². The van der Waals surface area contributed by atoms with E-state index in [1.807, 2.05) is 55.4 Å². The zero-order valence-electron chi connectivity index (χ0n) is 21.4. The van der Waals surface area contributed by atoms with Crippen molar-refractivity contribution < 1.29 is 4.79 Å². The first-order valence-corrected chi connectivity index (χ1v) is 13.2. The predicted octanol–water partition coefficient (Wildman–Crippen LogP) is 3.57. The number of likely N-dealkylation sites (tertiary alicyclic amines) is 1. The van der Waals surface area contributed by atoms with Crippen LogP contribution in [0.15, 0.2) is 61.3 Å². The summed E-state index contributed by atoms with van der Waals surface area (Å²) in [5.74, 6) is 1.91. The Kier molecular flexibility index (Phi) is 7.70. The maximum absolute atomic E-state index is 12.1. The van der Waals surface area contributed by atoms with E-state index >= 15 is 0 Å². The number of pyridine rings is 1. The Morgan fingerprint density at radius 1 is 1.24 bits per heavy atom. The summed E-state index contributed by atoms with van der Waals surface area (Å²) in [6, 6.07) is 13.8. The lowest BCUT2D eigenvalue weighted by Gasteiger charge is -2.33. The van der Waals surface area contributed by atoms with Gasteiger partial charge >= 0.3 is 0 Å². The molecule has 38 heavy (non-hydrogen) atoms. The topological polar surface area (TPSA) is 117 Å². The Morgan fingerprint density at radius 3 is 2.84 bits per heavy atom. The Balaban J connectivity index is 1.32. The minimum Gasteiger partial charge on any atom is -0.365 e. The van der Waals surface area contributed by atoms with E-state index in [0.29, 0.717) is 23.3 Å². The molecule has 12 heteroatoms. The fourth-order valence-corrected chi connectivity index (χ4v) is 5.09. The number of carbonyl (C=O) groups is 1. The molecule has 1 aliphatic rings. The molecule has 5 rings (SSSR count). The number of amides is 1. The molecule has 0 spiro atoms. The van der Waals surface area contributed by atoms with Crippen LogP contribution >= 0.6 is 11.3 Å². The van der Waals surface area contributed by atoms with Crippen LogP contribution in [0, 0.1) is 0 Å². The van der Waals surface area contributed by atoms with Crippen molar-refractivity contribution >= 4 is 34.0 Å². The number of hydrogen-bond donors (Lipinski definition) is 2. The molecular formula is C26H30N10OS. The van der Waals surface area contributed by atoms with Crippen LogP contribution < -0.4 is 10.6 Å². The fourth-order valence-electron chi connectivity index (χ4n) is 4.34. The molecule has 3 aromatic heterocycles. The number of anilines is 3. The zero-order chi connectivity index (χ0) is 26.5. The molecule has 1 amide bonds. The summed E-state index contributed by atoms with van der Waals surface area (Å²) in [6.07, 6.45) is 5.01. The smallest absolute Gasteiger partial charge is 0.246 e. The third kappa shape index (κ3) is 6.21. The summed E-state index contributed by atoms with van der Waals surface area (Å²) >= 11 is 1.43. The van der Waals surface area contributed by atoms with E-state index in [0.717, 1.165) is 47.9 Å². The molecule has 0 bridgehead atoms. The molecule has 1 aliphatic heterocycles. The Bertz CT molecular complexity index is 1400. The maximum Gasteiger partial charge on any atom is 0.246 e. The van der Waals surface area contributed by atoms with Crippen LogP contribution in [0.25, 0.3) is 16.4 Å². The highest BCUT2D eigenvalue weighted by molar-refractivity contribution is 7.18. The molecule has 196 valence electrons. The van der Waals surface area contributed by atoms with Crippen molar-refractivity contribution in [2.45, 2.75) is 25.4 Å². The van der Waals surface area contributed by atoms with Crippen molar-refractivity contribution in [1.29, 1.82) is 0 Å². The average Bonchev–Trinajstić information content (AvgIpc) is 3.58. The summed E-state index contributed by atoms with van der Waals surface area (Å²) in [6.45, 7) is 5.75. The molecule has 4 aromatic rings. The first kappa shape index (κ1) is 25.5. The van der Waals surface area contributed by atoms with Crippen LogP contribution in [0.1, 0.15) is 18.4 Å². The van der Waals surface area contributed by atoms with Crippen LogP contribution in [0.4, 0.5) is 16.8 Å². The summed E-state index contributed by atoms with van der Waals surface area (Å²) in [4.78, 5) is 27.7. The van der Waals surface area contributed by atoms with Gasteiger partial charge in [0.25, 0.3) is 0 Å². The van der Waals surface area contributed by atoms with Gasteiger partial charge in [-0.1, -0.05) is 36.1 Å². The first-order valence-electron chi connectivity index (χ1n) is 12.4. The molecule has 2 N–H and O–H groups in total. The normalized spacial score (nSPS) is 15.4. The number of rotatable bonds is 9. The number of para-hydroxylation sites is 1. The molecule has 1 atom stereocenters. The molecule has 0 radical (unpaired) electrons. The predicted molar refractivity (Wildman–Crippen MR) is 149 cm³/mol. The third-order valence-corrected chi connectivity index (χ3v) is 6.91. The first-order chi connectivity index (χ1) is 18.5. The lowest BCUT2D eigenvalue weighted by molar-refractivity contribution is -0.127. The van der Waals surface area contributed by atoms with Gasteiger partial charge in [-0.3, -0.25) is 4.79 Å². The van der Waals surface area contributed by atoms with E-state index in [4.69, 9.17) is 4.98 Å². The number of tetrazole rings is 1. The minimum atomic E-state index is -0.0361. The molecule has 1 fully saturated rings. The van der Waals surface area contributed by atoms with Crippen molar-refractivity contribution in [2.24, 2.45) is 0 Å². The number of hydrogen-bond acceptors (Lipinski definition) is 10. The van der Waals surface area contributed by atoms with E-state index in [2.05, 4.69) is 48.6 Å². The van der Waals surface area contributed by atoms with E-state index < -0.39 is 0 Å². The van der Waals surface area contributed by atoms with Gasteiger partial charge in [0.2, 0.25) is 11.7 Å². The van der Waals surface area contributed by atoms with Gasteiger partial charge in [0, 0.05) is 25.7 Å². The molecular weight excluding hydrogens is 500 g/mol. The van der Waals surface area contributed by atoms with Crippen LogP contribution in [-0.4, -0.2) is 79.1 Å². The second-order valence-electron chi connectivity index (χ2n) is 9.35. The summed E-state index contributed by atoms with van der Waals surface area (Å²) in [7, 11) is 4.06. The lowest BCUT2D eigenvalue weighted by atomic mass is 10.1. The van der Waals surface area contributed by atoms with Crippen molar-refractivity contribution in [3.8, 4) is 16.4 Å². The maximum atomic E-state index is 12.1. The summed E-state index contributed by atoms with van der Waals surface area (Å²) in [5.41, 5.74) is 1.94. The van der Waals surface area contributed by atoms with E-state index in [-0.39, 0.29) is 11.9 Å². The van der Waals surface area contributed by atoms with Crippen LogP contribution in [0.5, 0.6) is 0 Å². The van der Waals surface area contributed by atoms with Gasteiger partial charge in [0.15, 0.2) is 5.13 Å². The number of aromatic nitrogens is 6. The fraction of sp³-hybridized carbons (Fsp3) is 0.308. The number of piperidine rings is 1. The van der Waals surface area contributed by atoms with Gasteiger partial charge in [0.1, 0.15) is 11.6 Å². The van der Waals surface area contributed by atoms with Gasteiger partial charge in [-0.25, -0.2) is 9.97 Å². The van der Waals surface area contributed by atoms with Gasteiger partial charge in [0.05, 0.1) is 16.8 Å². The number of thiazole rings is 1. The van der Waals surface area contributed by atoms with Crippen LogP contribution in [0.3, 0.4) is 0 Å². The zero-order valence-corrected chi connectivity index (χ0v) is 22.2. The highest BCUT2D eigenvalue weighted by atomic mass is 32.1. The molecule has 1 saturated heterocycles. The Hall–Kier alpha value is -4.16. The molecule has 11 nitrogen and oxygen atoms in total. The van der Waals surface area contributed by atoms with Gasteiger partial charge in [-0.15, -0.1) is 15.0 Å². The monoisotopic (exact) mass is 530 g/mol. The highest BCUT2D eigenvalue weighted by Gasteiger charge is 2.23. The standard InChI is InChI=1S/C26H30N10OS/c1-4-24(37)35-12-8-9-19(17-35)28-22-13-18(16-34(2)3)14-23(29-22)30-26-27-15-21(38-26)25-31-33-36(32-25)20-10-6-5-7-11-20/h4-7,10-11,13-15,19H,1,8-9,12,16-17H2,2-3H3,(H2,27,28,29,30)/t19-/m0/s1. The van der Waals surface area contributed by atoms with Crippen LogP contribution in [0.2, 0.25) is 0 Å². The number of carbonyl (C=O) groups excluding carboxylic acids is 1. The number of nitrogens with one attached hydrogen (secondary N) is 2. The molecule has 1 aromatic carbocycles. The summed E-state index contributed by atoms with van der Waals surface area (Å²) in [5, 5.41) is 20.4. The van der Waals surface area contributed by atoms with Crippen molar-refractivity contribution in [2.75, 3.05) is 37.8 Å².